The van der Waals surface area contributed by atoms with Gasteiger partial charge in [-0.3, -0.25) is 0 Å². The molecule has 248 valence electrons. The van der Waals surface area contributed by atoms with Crippen molar-refractivity contribution in [1.29, 1.82) is 0 Å². The average Bonchev–Trinajstić information content (AvgIpc) is 3.79. The van der Waals surface area contributed by atoms with Crippen LogP contribution in [0.15, 0.2) is 192 Å². The third-order valence-corrected chi connectivity index (χ3v) is 11.8. The summed E-state index contributed by atoms with van der Waals surface area (Å²) in [6, 6.07) is 67.9. The molecule has 0 bridgehead atoms. The van der Waals surface area contributed by atoms with E-state index >= 15 is 0 Å². The monoisotopic (exact) mass is 693 g/mol. The molecule has 0 radical (unpaired) electrons. The average molecular weight is 694 g/mol. The van der Waals surface area contributed by atoms with Crippen LogP contribution in [0.2, 0.25) is 0 Å². The second-order valence-electron chi connectivity index (χ2n) is 13.6. The Morgan fingerprint density at radius 2 is 1.00 bits per heavy atom. The van der Waals surface area contributed by atoms with E-state index in [1.54, 1.807) is 0 Å². The van der Waals surface area contributed by atoms with E-state index in [0.29, 0.717) is 0 Å². The normalized spacial score (nSPS) is 11.8. The number of fused-ring (bicyclic) bond motifs is 8. The van der Waals surface area contributed by atoms with Gasteiger partial charge in [0.05, 0.1) is 11.1 Å². The van der Waals surface area contributed by atoms with Crippen LogP contribution >= 0.6 is 11.3 Å². The summed E-state index contributed by atoms with van der Waals surface area (Å²) in [5, 5.41) is 9.87. The number of hydrogen-bond donors (Lipinski definition) is 0. The standard InChI is InChI=1S/C50H31NOS/c1-3-14-38-32(11-1)13-9-18-39(38)33-23-27-36(28-24-33)51(43-19-10-21-45-49(43)41-16-5-7-20-44(41)52-45)37-29-25-34(26-30-37)48-40-15-4-2-12-35(40)31-47-50(48)42-17-6-8-22-46(42)53-47/h1-31H. The minimum atomic E-state index is 0.875. The van der Waals surface area contributed by atoms with Crippen molar-refractivity contribution in [2.75, 3.05) is 4.90 Å². The highest BCUT2D eigenvalue weighted by molar-refractivity contribution is 7.26. The summed E-state index contributed by atoms with van der Waals surface area (Å²) in [6.45, 7) is 0. The molecule has 0 amide bonds. The Balaban J connectivity index is 1.11. The molecule has 53 heavy (non-hydrogen) atoms. The van der Waals surface area contributed by atoms with Gasteiger partial charge in [-0.15, -0.1) is 11.3 Å². The number of hydrogen-bond acceptors (Lipinski definition) is 3. The minimum Gasteiger partial charge on any atom is -0.456 e. The van der Waals surface area contributed by atoms with Gasteiger partial charge >= 0.3 is 0 Å². The van der Waals surface area contributed by atoms with E-state index in [9.17, 15) is 0 Å². The summed E-state index contributed by atoms with van der Waals surface area (Å²) in [7, 11) is 0. The zero-order valence-electron chi connectivity index (χ0n) is 28.7. The van der Waals surface area contributed by atoms with E-state index in [-0.39, 0.29) is 0 Å². The largest absolute Gasteiger partial charge is 0.456 e. The Hall–Kier alpha value is -6.68. The van der Waals surface area contributed by atoms with Crippen molar-refractivity contribution >= 4 is 92.1 Å². The molecule has 0 saturated heterocycles. The molecule has 0 aliphatic rings. The molecule has 2 heterocycles. The number of thiophene rings is 1. The van der Waals surface area contributed by atoms with Crippen LogP contribution in [0.25, 0.3) is 85.9 Å². The first-order chi connectivity index (χ1) is 26.3. The number of rotatable bonds is 5. The van der Waals surface area contributed by atoms with Crippen molar-refractivity contribution in [2.24, 2.45) is 0 Å². The lowest BCUT2D eigenvalue weighted by molar-refractivity contribution is 0.669. The molecule has 11 aromatic rings. The molecule has 0 saturated carbocycles. The fraction of sp³-hybridized carbons (Fsp3) is 0. The Kier molecular flexibility index (Phi) is 6.76. The summed E-state index contributed by atoms with van der Waals surface area (Å²) < 4.78 is 9.02. The predicted octanol–water partition coefficient (Wildman–Crippen LogP) is 15.1. The van der Waals surface area contributed by atoms with E-state index < -0.39 is 0 Å². The number of benzene rings is 9. The lowest BCUT2D eigenvalue weighted by atomic mass is 9.93. The quantitative estimate of drug-likeness (QED) is 0.178. The molecule has 11 rings (SSSR count). The zero-order valence-corrected chi connectivity index (χ0v) is 29.5. The third kappa shape index (κ3) is 4.78. The Morgan fingerprint density at radius 1 is 0.396 bits per heavy atom. The van der Waals surface area contributed by atoms with Crippen LogP contribution in [0.5, 0.6) is 0 Å². The lowest BCUT2D eigenvalue weighted by Gasteiger charge is -2.27. The highest BCUT2D eigenvalue weighted by atomic mass is 32.1. The van der Waals surface area contributed by atoms with Gasteiger partial charge in [0.1, 0.15) is 11.2 Å². The number of para-hydroxylation sites is 1. The van der Waals surface area contributed by atoms with E-state index in [2.05, 4.69) is 187 Å². The first kappa shape index (κ1) is 30.0. The van der Waals surface area contributed by atoms with Crippen molar-refractivity contribution in [3.05, 3.63) is 188 Å². The molecule has 0 aliphatic carbocycles. The van der Waals surface area contributed by atoms with Gasteiger partial charge in [0.25, 0.3) is 0 Å². The molecule has 2 nitrogen and oxygen atoms in total. The number of furan rings is 1. The van der Waals surface area contributed by atoms with Crippen LogP contribution in [0.1, 0.15) is 0 Å². The van der Waals surface area contributed by atoms with Crippen LogP contribution in [0.4, 0.5) is 17.1 Å². The molecule has 3 heteroatoms. The first-order valence-corrected chi connectivity index (χ1v) is 18.8. The molecule has 0 atom stereocenters. The smallest absolute Gasteiger partial charge is 0.137 e. The maximum absolute atomic E-state index is 6.39. The fourth-order valence-corrected chi connectivity index (χ4v) is 9.43. The summed E-state index contributed by atoms with van der Waals surface area (Å²) in [5.41, 5.74) is 9.92. The second-order valence-corrected chi connectivity index (χ2v) is 14.7. The van der Waals surface area contributed by atoms with Crippen LogP contribution in [-0.4, -0.2) is 0 Å². The SMILES string of the molecule is c1ccc2c(-c3ccc(N(c4ccc(-c5c6ccccc6cc6sc7ccccc7c56)cc4)c4cccc5oc6ccccc6c45)cc3)cccc2c1. The van der Waals surface area contributed by atoms with Gasteiger partial charge in [0, 0.05) is 36.9 Å². The predicted molar refractivity (Wildman–Crippen MR) is 227 cm³/mol. The summed E-state index contributed by atoms with van der Waals surface area (Å²) in [5.74, 6) is 0. The van der Waals surface area contributed by atoms with Crippen LogP contribution in [0.3, 0.4) is 0 Å². The van der Waals surface area contributed by atoms with Gasteiger partial charge < -0.3 is 9.32 Å². The van der Waals surface area contributed by atoms with Gasteiger partial charge in [0.15, 0.2) is 0 Å². The first-order valence-electron chi connectivity index (χ1n) is 18.0. The summed E-state index contributed by atoms with van der Waals surface area (Å²) in [4.78, 5) is 2.37. The van der Waals surface area contributed by atoms with Crippen molar-refractivity contribution in [2.45, 2.75) is 0 Å². The number of nitrogens with zero attached hydrogens (tertiary/aromatic N) is 1. The Bertz CT molecular complexity index is 3160. The molecule has 0 unspecified atom stereocenters. The summed E-state index contributed by atoms with van der Waals surface area (Å²) in [6.07, 6.45) is 0. The van der Waals surface area contributed by atoms with Gasteiger partial charge in [-0.25, -0.2) is 0 Å². The Morgan fingerprint density at radius 3 is 1.81 bits per heavy atom. The minimum absolute atomic E-state index is 0.875. The van der Waals surface area contributed by atoms with Crippen molar-refractivity contribution in [3.8, 4) is 22.3 Å². The van der Waals surface area contributed by atoms with Gasteiger partial charge in [0.2, 0.25) is 0 Å². The molecule has 2 aromatic heterocycles. The van der Waals surface area contributed by atoms with Gasteiger partial charge in [-0.1, -0.05) is 133 Å². The van der Waals surface area contributed by atoms with Crippen LogP contribution in [0, 0.1) is 0 Å². The van der Waals surface area contributed by atoms with Crippen LogP contribution in [-0.2, 0) is 0 Å². The Labute approximate surface area is 310 Å². The van der Waals surface area contributed by atoms with Crippen molar-refractivity contribution < 1.29 is 4.42 Å². The molecular weight excluding hydrogens is 663 g/mol. The van der Waals surface area contributed by atoms with Crippen molar-refractivity contribution in [1.82, 2.24) is 0 Å². The van der Waals surface area contributed by atoms with E-state index in [1.807, 2.05) is 17.4 Å². The molecule has 0 aliphatic heterocycles. The maximum atomic E-state index is 6.39. The van der Waals surface area contributed by atoms with Gasteiger partial charge in [-0.2, -0.15) is 0 Å². The lowest BCUT2D eigenvalue weighted by Crippen LogP contribution is -2.10. The molecule has 0 spiro atoms. The zero-order chi connectivity index (χ0) is 34.9. The highest BCUT2D eigenvalue weighted by Gasteiger charge is 2.21. The van der Waals surface area contributed by atoms with Crippen molar-refractivity contribution in [3.63, 3.8) is 0 Å². The van der Waals surface area contributed by atoms with E-state index in [0.717, 1.165) is 39.0 Å². The van der Waals surface area contributed by atoms with Crippen LogP contribution < -0.4 is 4.90 Å². The molecular formula is C50H31NOS. The topological polar surface area (TPSA) is 16.4 Å². The van der Waals surface area contributed by atoms with E-state index in [4.69, 9.17) is 4.42 Å². The molecule has 0 N–H and O–H groups in total. The fourth-order valence-electron chi connectivity index (χ4n) is 8.26. The second kappa shape index (κ2) is 11.9. The molecule has 0 fully saturated rings. The third-order valence-electron chi connectivity index (χ3n) is 10.7. The van der Waals surface area contributed by atoms with Gasteiger partial charge in [-0.05, 0) is 98.4 Å². The summed E-state index contributed by atoms with van der Waals surface area (Å²) >= 11 is 1.87. The maximum Gasteiger partial charge on any atom is 0.137 e. The van der Waals surface area contributed by atoms with E-state index in [1.165, 1.54) is 64.0 Å². The number of anilines is 3. The molecule has 9 aromatic carbocycles. The highest BCUT2D eigenvalue weighted by Crippen LogP contribution is 2.47.